The molecule has 4 unspecified atom stereocenters. The highest BCUT2D eigenvalue weighted by atomic mass is 16.3. The van der Waals surface area contributed by atoms with E-state index in [2.05, 4.69) is 0 Å². The van der Waals surface area contributed by atoms with Gasteiger partial charge in [-0.15, -0.1) is 0 Å². The molecule has 0 heterocycles. The first-order chi connectivity index (χ1) is 7.36. The highest BCUT2D eigenvalue weighted by molar-refractivity contribution is 6.40. The topological polar surface area (TPSA) is 109 Å². The van der Waals surface area contributed by atoms with Crippen molar-refractivity contribution < 1.29 is 29.4 Å². The van der Waals surface area contributed by atoms with Crippen LogP contribution in [0.1, 0.15) is 13.8 Å². The number of rotatable bonds is 7. The number of Topliss-reactive ketones (excluding diaryl/α,β-unsaturated/α-hetero) is 2. The van der Waals surface area contributed by atoms with Gasteiger partial charge in [0.2, 0.25) is 11.6 Å². The number of carbonyl (C=O) groups excluding carboxylic acids is 4. The maximum absolute atomic E-state index is 11.4. The fraction of sp³-hybridized carbons (Fsp3) is 0.600. The minimum Gasteiger partial charge on any atom is -0.382 e. The van der Waals surface area contributed by atoms with Crippen LogP contribution in [0, 0.1) is 11.8 Å². The van der Waals surface area contributed by atoms with Crippen molar-refractivity contribution in [2.45, 2.75) is 26.1 Å². The molecule has 0 radical (unpaired) electrons. The lowest BCUT2D eigenvalue weighted by molar-refractivity contribution is -0.149. The van der Waals surface area contributed by atoms with Crippen LogP contribution in [0.15, 0.2) is 0 Å². The van der Waals surface area contributed by atoms with Crippen molar-refractivity contribution in [1.82, 2.24) is 0 Å². The van der Waals surface area contributed by atoms with Crippen molar-refractivity contribution in [3.05, 3.63) is 0 Å². The second-order valence-corrected chi connectivity index (χ2v) is 3.58. The molecule has 0 spiro atoms. The maximum Gasteiger partial charge on any atom is 0.230 e. The lowest BCUT2D eigenvalue weighted by atomic mass is 9.89. The molecule has 0 aliphatic carbocycles. The van der Waals surface area contributed by atoms with Gasteiger partial charge in [-0.05, 0) is 0 Å². The van der Waals surface area contributed by atoms with Crippen LogP contribution >= 0.6 is 0 Å². The van der Waals surface area contributed by atoms with E-state index in [-0.39, 0.29) is 6.29 Å². The second kappa shape index (κ2) is 6.24. The number of aldehydes is 2. The van der Waals surface area contributed by atoms with E-state index in [1.54, 1.807) is 0 Å². The Bertz CT molecular complexity index is 268. The van der Waals surface area contributed by atoms with Gasteiger partial charge in [-0.3, -0.25) is 9.59 Å². The summed E-state index contributed by atoms with van der Waals surface area (Å²) in [5, 5.41) is 18.0. The van der Waals surface area contributed by atoms with Gasteiger partial charge >= 0.3 is 0 Å². The molecule has 0 saturated carbocycles. The highest BCUT2D eigenvalue weighted by Crippen LogP contribution is 2.11. The molecule has 2 N–H and O–H groups in total. The second-order valence-electron chi connectivity index (χ2n) is 3.58. The van der Waals surface area contributed by atoms with E-state index >= 15 is 0 Å². The number of hydrogen-bond acceptors (Lipinski definition) is 6. The molecule has 0 saturated heterocycles. The lowest BCUT2D eigenvalue weighted by Crippen LogP contribution is -2.42. The molecule has 16 heavy (non-hydrogen) atoms. The molecule has 0 rings (SSSR count). The van der Waals surface area contributed by atoms with Gasteiger partial charge in [0.25, 0.3) is 0 Å². The summed E-state index contributed by atoms with van der Waals surface area (Å²) in [7, 11) is 0. The SMILES string of the molecule is CC(C=O)C(C)C(=O)C(=O)C(O)C(O)C=O. The first kappa shape index (κ1) is 14.6. The van der Waals surface area contributed by atoms with E-state index in [1.807, 2.05) is 0 Å². The number of ketones is 2. The highest BCUT2D eigenvalue weighted by Gasteiger charge is 2.33. The molecule has 0 aromatic carbocycles. The van der Waals surface area contributed by atoms with Crippen LogP contribution in [0.3, 0.4) is 0 Å². The number of hydrogen-bond donors (Lipinski definition) is 2. The van der Waals surface area contributed by atoms with Gasteiger partial charge in [-0.25, -0.2) is 0 Å². The largest absolute Gasteiger partial charge is 0.382 e. The molecule has 6 nitrogen and oxygen atoms in total. The number of aliphatic hydroxyl groups excluding tert-OH is 2. The first-order valence-corrected chi connectivity index (χ1v) is 4.71. The molecular formula is C10H14O6. The monoisotopic (exact) mass is 230 g/mol. The van der Waals surface area contributed by atoms with E-state index in [9.17, 15) is 19.2 Å². The zero-order valence-corrected chi connectivity index (χ0v) is 8.99. The summed E-state index contributed by atoms with van der Waals surface area (Å²) < 4.78 is 0. The molecule has 0 aromatic heterocycles. The van der Waals surface area contributed by atoms with Crippen LogP contribution in [-0.2, 0) is 19.2 Å². The van der Waals surface area contributed by atoms with E-state index in [4.69, 9.17) is 10.2 Å². The normalized spacial score (nSPS) is 18.0. The Balaban J connectivity index is 4.67. The Morgan fingerprint density at radius 3 is 1.88 bits per heavy atom. The van der Waals surface area contributed by atoms with E-state index in [1.165, 1.54) is 13.8 Å². The van der Waals surface area contributed by atoms with Crippen LogP contribution in [0.4, 0.5) is 0 Å². The van der Waals surface area contributed by atoms with Crippen LogP contribution in [0.5, 0.6) is 0 Å². The average molecular weight is 230 g/mol. The molecule has 6 heteroatoms. The van der Waals surface area contributed by atoms with Gasteiger partial charge in [0.05, 0.1) is 0 Å². The van der Waals surface area contributed by atoms with Crippen LogP contribution in [-0.4, -0.2) is 46.6 Å². The van der Waals surface area contributed by atoms with E-state index < -0.39 is 35.6 Å². The van der Waals surface area contributed by atoms with Gasteiger partial charge in [0, 0.05) is 11.8 Å². The van der Waals surface area contributed by atoms with Crippen molar-refractivity contribution in [3.8, 4) is 0 Å². The van der Waals surface area contributed by atoms with E-state index in [0.29, 0.717) is 6.29 Å². The predicted molar refractivity (Wildman–Crippen MR) is 52.5 cm³/mol. The maximum atomic E-state index is 11.4. The third-order valence-electron chi connectivity index (χ3n) is 2.39. The first-order valence-electron chi connectivity index (χ1n) is 4.71. The van der Waals surface area contributed by atoms with Crippen molar-refractivity contribution in [2.24, 2.45) is 11.8 Å². The fourth-order valence-electron chi connectivity index (χ4n) is 0.956. The van der Waals surface area contributed by atoms with Crippen molar-refractivity contribution in [1.29, 1.82) is 0 Å². The summed E-state index contributed by atoms with van der Waals surface area (Å²) in [4.78, 5) is 43.2. The average Bonchev–Trinajstić information content (AvgIpc) is 2.32. The Morgan fingerprint density at radius 1 is 1.00 bits per heavy atom. The Morgan fingerprint density at radius 2 is 1.50 bits per heavy atom. The minimum atomic E-state index is -2.06. The molecule has 0 amide bonds. The van der Waals surface area contributed by atoms with Gasteiger partial charge in [-0.2, -0.15) is 0 Å². The van der Waals surface area contributed by atoms with Crippen molar-refractivity contribution in [2.75, 3.05) is 0 Å². The molecular weight excluding hydrogens is 216 g/mol. The predicted octanol–water partition coefficient (Wildman–Crippen LogP) is -1.48. The summed E-state index contributed by atoms with van der Waals surface area (Å²) in [5.74, 6) is -3.80. The molecule has 0 aliphatic heterocycles. The van der Waals surface area contributed by atoms with Gasteiger partial charge < -0.3 is 19.8 Å². The summed E-state index contributed by atoms with van der Waals surface area (Å²) in [6.45, 7) is 2.81. The Hall–Kier alpha value is -1.40. The zero-order chi connectivity index (χ0) is 12.9. The summed E-state index contributed by atoms with van der Waals surface area (Å²) in [6.07, 6.45) is -3.51. The standard InChI is InChI=1S/C10H14O6/c1-5(3-11)6(2)8(14)10(16)9(15)7(13)4-12/h3-7,9,13,15H,1-2H3. The summed E-state index contributed by atoms with van der Waals surface area (Å²) >= 11 is 0. The van der Waals surface area contributed by atoms with Gasteiger partial charge in [0.1, 0.15) is 12.4 Å². The molecule has 4 atom stereocenters. The number of aliphatic hydroxyl groups is 2. The zero-order valence-electron chi connectivity index (χ0n) is 8.99. The molecule has 0 aromatic rings. The van der Waals surface area contributed by atoms with Crippen molar-refractivity contribution in [3.63, 3.8) is 0 Å². The lowest BCUT2D eigenvalue weighted by Gasteiger charge is -2.15. The summed E-state index contributed by atoms with van der Waals surface area (Å²) in [5.41, 5.74) is 0. The Labute approximate surface area is 92.3 Å². The summed E-state index contributed by atoms with van der Waals surface area (Å²) in [6, 6.07) is 0. The number of carbonyl (C=O) groups is 4. The van der Waals surface area contributed by atoms with Crippen LogP contribution < -0.4 is 0 Å². The molecule has 0 bridgehead atoms. The van der Waals surface area contributed by atoms with Gasteiger partial charge in [0.15, 0.2) is 12.4 Å². The quantitative estimate of drug-likeness (QED) is 0.407. The van der Waals surface area contributed by atoms with E-state index in [0.717, 1.165) is 0 Å². The Kier molecular flexibility index (Phi) is 5.69. The van der Waals surface area contributed by atoms with Crippen LogP contribution in [0.2, 0.25) is 0 Å². The molecule has 0 fully saturated rings. The molecule has 90 valence electrons. The van der Waals surface area contributed by atoms with Crippen molar-refractivity contribution >= 4 is 24.1 Å². The molecule has 0 aliphatic rings. The van der Waals surface area contributed by atoms with Gasteiger partial charge in [-0.1, -0.05) is 13.8 Å². The third-order valence-corrected chi connectivity index (χ3v) is 2.39. The third kappa shape index (κ3) is 3.32. The fourth-order valence-corrected chi connectivity index (χ4v) is 0.956. The minimum absolute atomic E-state index is 0.0380. The van der Waals surface area contributed by atoms with Crippen LogP contribution in [0.25, 0.3) is 0 Å². The smallest absolute Gasteiger partial charge is 0.230 e.